The molecule has 16 heteroatoms. The van der Waals surface area contributed by atoms with Crippen LogP contribution in [-0.2, 0) is 22.7 Å². The van der Waals surface area contributed by atoms with Gasteiger partial charge in [0, 0.05) is 31.9 Å². The van der Waals surface area contributed by atoms with Crippen LogP contribution in [-0.4, -0.2) is 59.4 Å². The molecule has 242 valence electrons. The van der Waals surface area contributed by atoms with E-state index in [-0.39, 0.29) is 75.8 Å². The van der Waals surface area contributed by atoms with Crippen LogP contribution in [0.2, 0.25) is 5.02 Å². The number of nitrogens with two attached hydrogens (primary N) is 1. The van der Waals surface area contributed by atoms with E-state index < -0.39 is 53.7 Å². The van der Waals surface area contributed by atoms with Crippen molar-refractivity contribution >= 4 is 45.9 Å². The lowest BCUT2D eigenvalue weighted by Gasteiger charge is -2.45. The second kappa shape index (κ2) is 12.7. The number of carbonyl (C=O) groups is 2. The van der Waals surface area contributed by atoms with Crippen LogP contribution in [0.25, 0.3) is 16.6 Å². The summed E-state index contributed by atoms with van der Waals surface area (Å²) in [6.07, 6.45) is 1.87. The average molecular weight is 661 g/mol. The minimum atomic E-state index is -1.18. The highest BCUT2D eigenvalue weighted by atomic mass is 35.5. The van der Waals surface area contributed by atoms with Crippen LogP contribution in [0, 0.1) is 18.6 Å². The van der Waals surface area contributed by atoms with Gasteiger partial charge in [0.05, 0.1) is 45.6 Å². The summed E-state index contributed by atoms with van der Waals surface area (Å²) in [7, 11) is 1.53. The van der Waals surface area contributed by atoms with Gasteiger partial charge in [-0.25, -0.2) is 23.2 Å². The highest BCUT2D eigenvalue weighted by Gasteiger charge is 2.37. The number of aliphatic hydroxyl groups excluding tert-OH is 1. The number of carbonyl (C=O) groups excluding carboxylic acids is 2. The zero-order valence-electron chi connectivity index (χ0n) is 24.5. The number of esters is 1. The topological polar surface area (TPSA) is 171 Å². The lowest BCUT2D eigenvalue weighted by atomic mass is 10.0. The Bertz CT molecular complexity index is 2000. The van der Waals surface area contributed by atoms with Gasteiger partial charge in [0.2, 0.25) is 5.43 Å². The first kappa shape index (κ1) is 32.2. The molecule has 0 unspecified atom stereocenters. The number of hydrogen-bond donors (Lipinski definition) is 2. The van der Waals surface area contributed by atoms with Crippen molar-refractivity contribution in [3.8, 4) is 5.69 Å². The molecular formula is C30H27ClF2N4O9. The van der Waals surface area contributed by atoms with Gasteiger partial charge in [-0.15, -0.1) is 0 Å². The van der Waals surface area contributed by atoms with Gasteiger partial charge in [-0.05, 0) is 25.1 Å². The van der Waals surface area contributed by atoms with E-state index in [0.717, 1.165) is 24.4 Å². The van der Waals surface area contributed by atoms with Crippen molar-refractivity contribution in [3.05, 3.63) is 97.2 Å². The Morgan fingerprint density at radius 3 is 2.54 bits per heavy atom. The average Bonchev–Trinajstić information content (AvgIpc) is 3.33. The third kappa shape index (κ3) is 5.81. The molecule has 4 aromatic rings. The van der Waals surface area contributed by atoms with Crippen LogP contribution in [0.15, 0.2) is 55.5 Å². The molecule has 1 saturated heterocycles. The van der Waals surface area contributed by atoms with Crippen LogP contribution < -0.4 is 21.9 Å². The fraction of sp³-hybridized carbons (Fsp3) is 0.267. The van der Waals surface area contributed by atoms with Crippen LogP contribution in [0.5, 0.6) is 0 Å². The van der Waals surface area contributed by atoms with E-state index >= 15 is 4.39 Å². The number of halogens is 3. The number of aryl methyl sites for hydroxylation is 1. The number of nitrogen functional groups attached to an aromatic ring is 1. The minimum absolute atomic E-state index is 0.00243. The number of hydrogen-bond acceptors (Lipinski definition) is 11. The van der Waals surface area contributed by atoms with Crippen molar-refractivity contribution in [2.24, 2.45) is 0 Å². The molecule has 0 bridgehead atoms. The maximum absolute atomic E-state index is 15.8. The smallest absolute Gasteiger partial charge is 0.454 e. The molecule has 3 heterocycles. The number of likely N-dealkylation sites (N-methyl/N-ethyl adjacent to an activating group) is 1. The van der Waals surface area contributed by atoms with Gasteiger partial charge < -0.3 is 43.5 Å². The second-order valence-electron chi connectivity index (χ2n) is 10.4. The number of amides is 1. The van der Waals surface area contributed by atoms with Gasteiger partial charge in [0.15, 0.2) is 18.1 Å². The summed E-state index contributed by atoms with van der Waals surface area (Å²) in [6, 6.07) is 2.66. The summed E-state index contributed by atoms with van der Waals surface area (Å²) < 4.78 is 51.2. The van der Waals surface area contributed by atoms with Gasteiger partial charge in [0.25, 0.3) is 0 Å². The number of ether oxygens (including phenoxy) is 2. The van der Waals surface area contributed by atoms with Crippen molar-refractivity contribution in [1.82, 2.24) is 9.47 Å². The van der Waals surface area contributed by atoms with Gasteiger partial charge in [-0.2, -0.15) is 0 Å². The van der Waals surface area contributed by atoms with E-state index in [1.54, 1.807) is 4.90 Å². The van der Waals surface area contributed by atoms with Crippen molar-refractivity contribution in [3.63, 3.8) is 0 Å². The lowest BCUT2D eigenvalue weighted by Crippen LogP contribution is -2.60. The van der Waals surface area contributed by atoms with Crippen molar-refractivity contribution in [1.29, 1.82) is 0 Å². The molecule has 0 radical (unpaired) electrons. The molecule has 1 fully saturated rings. The lowest BCUT2D eigenvalue weighted by molar-refractivity contribution is 0.0441. The Morgan fingerprint density at radius 1 is 1.20 bits per heavy atom. The summed E-state index contributed by atoms with van der Waals surface area (Å²) in [6.45, 7) is 3.97. The van der Waals surface area contributed by atoms with E-state index in [1.165, 1.54) is 29.5 Å². The van der Waals surface area contributed by atoms with E-state index in [1.807, 2.05) is 0 Å². The maximum Gasteiger partial charge on any atom is 0.519 e. The van der Waals surface area contributed by atoms with Gasteiger partial charge in [0.1, 0.15) is 23.8 Å². The molecular weight excluding hydrogens is 634 g/mol. The Labute approximate surface area is 263 Å². The van der Waals surface area contributed by atoms with E-state index in [2.05, 4.69) is 6.58 Å². The van der Waals surface area contributed by atoms with E-state index in [0.29, 0.717) is 0 Å². The first-order valence-electron chi connectivity index (χ1n) is 13.6. The number of benzene rings is 2. The number of aromatic nitrogens is 1. The standard InChI is InChI=1S/C30H27ClF2N4O9/c1-4-5-43-29(41)35(3)16-9-36(10-16)26-20(33)7-17-25(24(26)31)37(22-8-21(34)19(32)6-15(22)12-38)11-18(27(17)39)28(40)44-13-23-14(2)45-30(42)46-23/h4,6-8,11,16,38H,1,5,9-10,12-13,34H2,2-3H3. The Hall–Kier alpha value is -5.15. The zero-order chi connectivity index (χ0) is 33.4. The number of aliphatic hydroxyl groups is 1. The van der Waals surface area contributed by atoms with Crippen LogP contribution >= 0.6 is 11.6 Å². The Balaban J connectivity index is 1.62. The van der Waals surface area contributed by atoms with Crippen molar-refractivity contribution < 1.29 is 41.8 Å². The highest BCUT2D eigenvalue weighted by molar-refractivity contribution is 6.38. The van der Waals surface area contributed by atoms with Gasteiger partial charge in [-0.1, -0.05) is 24.3 Å². The van der Waals surface area contributed by atoms with Crippen molar-refractivity contribution in [2.75, 3.05) is 37.4 Å². The molecule has 46 heavy (non-hydrogen) atoms. The van der Waals surface area contributed by atoms with E-state index in [4.69, 9.17) is 35.6 Å². The first-order chi connectivity index (χ1) is 21.9. The zero-order valence-corrected chi connectivity index (χ0v) is 25.2. The molecule has 1 amide bonds. The molecule has 1 aliphatic heterocycles. The molecule has 0 saturated carbocycles. The highest BCUT2D eigenvalue weighted by Crippen LogP contribution is 2.39. The number of fused-ring (bicyclic) bond motifs is 1. The normalized spacial score (nSPS) is 13.0. The fourth-order valence-electron chi connectivity index (χ4n) is 4.98. The molecule has 0 spiro atoms. The van der Waals surface area contributed by atoms with Gasteiger partial charge in [-0.3, -0.25) is 4.79 Å². The Kier molecular flexibility index (Phi) is 8.90. The first-order valence-corrected chi connectivity index (χ1v) is 14.0. The van der Waals surface area contributed by atoms with Crippen LogP contribution in [0.1, 0.15) is 27.4 Å². The summed E-state index contributed by atoms with van der Waals surface area (Å²) in [4.78, 5) is 53.3. The number of nitrogens with zero attached hydrogens (tertiary/aromatic N) is 3. The summed E-state index contributed by atoms with van der Waals surface area (Å²) in [5, 5.41) is 9.46. The summed E-state index contributed by atoms with van der Waals surface area (Å²) in [5.74, 6) is -3.98. The predicted octanol–water partition coefficient (Wildman–Crippen LogP) is 3.65. The van der Waals surface area contributed by atoms with Gasteiger partial charge >= 0.3 is 17.9 Å². The van der Waals surface area contributed by atoms with Crippen LogP contribution in [0.4, 0.5) is 25.0 Å². The third-order valence-corrected chi connectivity index (χ3v) is 7.87. The molecule has 2 aromatic carbocycles. The largest absolute Gasteiger partial charge is 0.519 e. The summed E-state index contributed by atoms with van der Waals surface area (Å²) in [5.41, 5.74) is 3.80. The molecule has 2 aromatic heterocycles. The Morgan fingerprint density at radius 2 is 1.91 bits per heavy atom. The molecule has 0 atom stereocenters. The predicted molar refractivity (Wildman–Crippen MR) is 161 cm³/mol. The van der Waals surface area contributed by atoms with Crippen molar-refractivity contribution in [2.45, 2.75) is 26.2 Å². The minimum Gasteiger partial charge on any atom is -0.454 e. The maximum atomic E-state index is 15.8. The number of pyridine rings is 1. The molecule has 13 nitrogen and oxygen atoms in total. The molecule has 5 rings (SSSR count). The molecule has 1 aliphatic rings. The molecule has 0 aliphatic carbocycles. The number of rotatable bonds is 9. The monoisotopic (exact) mass is 660 g/mol. The third-order valence-electron chi connectivity index (χ3n) is 7.51. The quantitative estimate of drug-likeness (QED) is 0.153. The number of anilines is 2. The molecule has 3 N–H and O–H groups in total. The second-order valence-corrected chi connectivity index (χ2v) is 10.7. The summed E-state index contributed by atoms with van der Waals surface area (Å²) >= 11 is 6.81. The SMILES string of the molecule is C=CCOC(=O)N(C)C1CN(c2c(F)cc3c(=O)c(C(=O)OCc4oc(=O)oc4C)cn(-c4cc(N)c(F)cc4CO)c3c2Cl)C1. The van der Waals surface area contributed by atoms with E-state index in [9.17, 15) is 28.7 Å². The fourth-order valence-corrected chi connectivity index (χ4v) is 5.38. The van der Waals surface area contributed by atoms with Crippen LogP contribution in [0.3, 0.4) is 0 Å².